The summed E-state index contributed by atoms with van der Waals surface area (Å²) in [6.07, 6.45) is 5.24. The van der Waals surface area contributed by atoms with Gasteiger partial charge < -0.3 is 19.7 Å². The number of likely N-dealkylation sites (N-methyl/N-ethyl adjacent to an activating group) is 1. The second kappa shape index (κ2) is 11.1. The number of sulfone groups is 1. The van der Waals surface area contributed by atoms with Gasteiger partial charge in [0.15, 0.2) is 9.84 Å². The fourth-order valence-electron chi connectivity index (χ4n) is 5.11. The molecule has 0 bridgehead atoms. The maximum absolute atomic E-state index is 15.2. The Hall–Kier alpha value is -3.94. The first-order chi connectivity index (χ1) is 19.7. The lowest BCUT2D eigenvalue weighted by atomic mass is 10.1. The second-order valence-electron chi connectivity index (χ2n) is 10.5. The number of fused-ring (bicyclic) bond motifs is 1. The van der Waals surface area contributed by atoms with Gasteiger partial charge in [-0.15, -0.1) is 0 Å². The van der Waals surface area contributed by atoms with Gasteiger partial charge in [-0.05, 0) is 43.4 Å². The molecule has 0 radical (unpaired) electrons. The van der Waals surface area contributed by atoms with Crippen molar-refractivity contribution in [3.63, 3.8) is 0 Å². The van der Waals surface area contributed by atoms with Crippen LogP contribution in [0.15, 0.2) is 55.0 Å². The third-order valence-electron chi connectivity index (χ3n) is 7.57. The summed E-state index contributed by atoms with van der Waals surface area (Å²) in [6, 6.07) is 10.1. The minimum Gasteiger partial charge on any atom is -0.337 e. The molecule has 2 fully saturated rings. The third kappa shape index (κ3) is 6.06. The topological polar surface area (TPSA) is 117 Å². The van der Waals surface area contributed by atoms with E-state index >= 15 is 4.39 Å². The van der Waals surface area contributed by atoms with E-state index in [0.717, 1.165) is 49.5 Å². The minimum absolute atomic E-state index is 0.0616. The van der Waals surface area contributed by atoms with Crippen LogP contribution in [0.1, 0.15) is 16.1 Å². The van der Waals surface area contributed by atoms with Crippen LogP contribution in [0.4, 0.5) is 16.0 Å². The van der Waals surface area contributed by atoms with Crippen LogP contribution in [0, 0.1) is 5.82 Å². The van der Waals surface area contributed by atoms with Gasteiger partial charge in [0, 0.05) is 81.2 Å². The molecule has 5 heterocycles. The van der Waals surface area contributed by atoms with Gasteiger partial charge in [-0.2, -0.15) is 4.98 Å². The summed E-state index contributed by atoms with van der Waals surface area (Å²) in [6.45, 7) is 4.99. The number of benzene rings is 1. The van der Waals surface area contributed by atoms with Gasteiger partial charge in [0.05, 0.1) is 22.8 Å². The second-order valence-corrected chi connectivity index (χ2v) is 12.8. The zero-order chi connectivity index (χ0) is 28.6. The van der Waals surface area contributed by atoms with Crippen molar-refractivity contribution in [2.75, 3.05) is 63.1 Å². The van der Waals surface area contributed by atoms with Gasteiger partial charge in [0.25, 0.3) is 5.91 Å². The lowest BCUT2D eigenvalue weighted by molar-refractivity contribution is 0.0765. The van der Waals surface area contributed by atoms with Crippen LogP contribution in [0.2, 0.25) is 0 Å². The molecule has 0 aliphatic carbocycles. The lowest BCUT2D eigenvalue weighted by Gasteiger charge is -2.32. The van der Waals surface area contributed by atoms with Crippen molar-refractivity contribution >= 4 is 38.4 Å². The highest BCUT2D eigenvalue weighted by atomic mass is 32.2. The standard InChI is InChI=1S/C28H31FN8O3S/c1-34-8-10-35(11-9-34)19-22-16-21(4-6-30-22)32-28-31-18-20-5-7-37(26(20)33-28)23-2-3-24(25(29)17-23)27(38)36-12-14-41(39,40)15-13-36/h2-7,16-18H,8-15,19H2,1H3,(H,30,31,32,33). The molecular formula is C28H31FN8O3S. The Morgan fingerprint density at radius 3 is 2.54 bits per heavy atom. The van der Waals surface area contributed by atoms with Crippen LogP contribution in [0.3, 0.4) is 0 Å². The monoisotopic (exact) mass is 578 g/mol. The van der Waals surface area contributed by atoms with Gasteiger partial charge in [-0.1, -0.05) is 0 Å². The molecule has 6 rings (SSSR count). The lowest BCUT2D eigenvalue weighted by Crippen LogP contribution is -2.44. The van der Waals surface area contributed by atoms with Crippen LogP contribution in [0.5, 0.6) is 0 Å². The van der Waals surface area contributed by atoms with E-state index in [-0.39, 0.29) is 30.2 Å². The van der Waals surface area contributed by atoms with Crippen LogP contribution in [-0.2, 0) is 16.4 Å². The molecule has 2 saturated heterocycles. The number of carbonyl (C=O) groups excluding carboxylic acids is 1. The summed E-state index contributed by atoms with van der Waals surface area (Å²) in [5, 5.41) is 4.03. The quantitative estimate of drug-likeness (QED) is 0.368. The van der Waals surface area contributed by atoms with Gasteiger partial charge in [-0.25, -0.2) is 17.8 Å². The minimum atomic E-state index is -3.15. The zero-order valence-corrected chi connectivity index (χ0v) is 23.5. The summed E-state index contributed by atoms with van der Waals surface area (Å²) in [5.41, 5.74) is 2.76. The predicted octanol–water partition coefficient (Wildman–Crippen LogP) is 2.32. The van der Waals surface area contributed by atoms with E-state index < -0.39 is 21.6 Å². The van der Waals surface area contributed by atoms with Crippen LogP contribution >= 0.6 is 0 Å². The van der Waals surface area contributed by atoms with Crippen molar-refractivity contribution in [2.45, 2.75) is 6.54 Å². The SMILES string of the molecule is CN1CCN(Cc2cc(Nc3ncc4ccn(-c5ccc(C(=O)N6CCS(=O)(=O)CC6)c(F)c5)c4n3)ccn2)CC1. The maximum atomic E-state index is 15.2. The molecule has 0 saturated carbocycles. The van der Waals surface area contributed by atoms with Crippen LogP contribution in [0.25, 0.3) is 16.7 Å². The van der Waals surface area contributed by atoms with E-state index in [1.165, 1.54) is 17.0 Å². The molecule has 2 aliphatic rings. The van der Waals surface area contributed by atoms with E-state index in [9.17, 15) is 13.2 Å². The number of pyridine rings is 1. The third-order valence-corrected chi connectivity index (χ3v) is 9.18. The molecule has 0 spiro atoms. The predicted molar refractivity (Wildman–Crippen MR) is 154 cm³/mol. The number of nitrogens with one attached hydrogen (secondary N) is 1. The first-order valence-electron chi connectivity index (χ1n) is 13.5. The van der Waals surface area contributed by atoms with Gasteiger partial charge >= 0.3 is 0 Å². The molecule has 214 valence electrons. The molecule has 4 aromatic rings. The normalized spacial score (nSPS) is 18.0. The average Bonchev–Trinajstić information content (AvgIpc) is 3.37. The number of piperazine rings is 1. The van der Waals surface area contributed by atoms with Gasteiger partial charge in [0.1, 0.15) is 11.5 Å². The Labute approximate surface area is 237 Å². The number of rotatable bonds is 6. The summed E-state index contributed by atoms with van der Waals surface area (Å²) >= 11 is 0. The van der Waals surface area contributed by atoms with E-state index in [1.54, 1.807) is 29.2 Å². The van der Waals surface area contributed by atoms with Crippen LogP contribution in [-0.4, -0.2) is 106 Å². The first kappa shape index (κ1) is 27.2. The van der Waals surface area contributed by atoms with E-state index in [1.807, 2.05) is 18.2 Å². The number of hydrogen-bond acceptors (Lipinski definition) is 9. The molecule has 13 heteroatoms. The average molecular weight is 579 g/mol. The molecule has 1 N–H and O–H groups in total. The molecular weight excluding hydrogens is 547 g/mol. The van der Waals surface area contributed by atoms with Crippen molar-refractivity contribution in [1.29, 1.82) is 0 Å². The molecule has 1 amide bonds. The summed E-state index contributed by atoms with van der Waals surface area (Å²) < 4.78 is 40.3. The Balaban J connectivity index is 1.19. The fourth-order valence-corrected chi connectivity index (χ4v) is 6.31. The van der Waals surface area contributed by atoms with Crippen molar-refractivity contribution in [3.05, 3.63) is 72.1 Å². The smallest absolute Gasteiger partial charge is 0.256 e. The fraction of sp³-hybridized carbons (Fsp3) is 0.357. The number of anilines is 2. The highest BCUT2D eigenvalue weighted by Crippen LogP contribution is 2.24. The molecule has 0 unspecified atom stereocenters. The summed E-state index contributed by atoms with van der Waals surface area (Å²) in [5.74, 6) is -1.03. The highest BCUT2D eigenvalue weighted by Gasteiger charge is 2.27. The molecule has 3 aromatic heterocycles. The highest BCUT2D eigenvalue weighted by molar-refractivity contribution is 7.91. The summed E-state index contributed by atoms with van der Waals surface area (Å²) in [4.78, 5) is 32.6. The van der Waals surface area contributed by atoms with E-state index in [2.05, 4.69) is 37.1 Å². The van der Waals surface area contributed by atoms with E-state index in [4.69, 9.17) is 0 Å². The molecule has 2 aliphatic heterocycles. The number of halogens is 1. The molecule has 0 atom stereocenters. The number of hydrogen-bond donors (Lipinski definition) is 1. The largest absolute Gasteiger partial charge is 0.337 e. The number of amides is 1. The Morgan fingerprint density at radius 1 is 1.00 bits per heavy atom. The van der Waals surface area contributed by atoms with Crippen molar-refractivity contribution < 1.29 is 17.6 Å². The van der Waals surface area contributed by atoms with Gasteiger partial charge in [-0.3, -0.25) is 14.7 Å². The summed E-state index contributed by atoms with van der Waals surface area (Å²) in [7, 11) is -1.01. The Morgan fingerprint density at radius 2 is 1.78 bits per heavy atom. The van der Waals surface area contributed by atoms with Crippen molar-refractivity contribution in [1.82, 2.24) is 34.2 Å². The van der Waals surface area contributed by atoms with Crippen LogP contribution < -0.4 is 5.32 Å². The van der Waals surface area contributed by atoms with Gasteiger partial charge in [0.2, 0.25) is 5.95 Å². The molecule has 1 aromatic carbocycles. The van der Waals surface area contributed by atoms with Crippen molar-refractivity contribution in [3.8, 4) is 5.69 Å². The Kier molecular flexibility index (Phi) is 7.41. The van der Waals surface area contributed by atoms with E-state index in [0.29, 0.717) is 17.3 Å². The molecule has 11 nitrogen and oxygen atoms in total. The number of aromatic nitrogens is 4. The number of nitrogens with zero attached hydrogens (tertiary/aromatic N) is 7. The zero-order valence-electron chi connectivity index (χ0n) is 22.7. The first-order valence-corrected chi connectivity index (χ1v) is 15.3. The Bertz CT molecular complexity index is 1690. The molecule has 41 heavy (non-hydrogen) atoms. The number of carbonyl (C=O) groups is 1. The van der Waals surface area contributed by atoms with Crippen molar-refractivity contribution in [2.24, 2.45) is 0 Å². The maximum Gasteiger partial charge on any atom is 0.256 e.